The van der Waals surface area contributed by atoms with Gasteiger partial charge in [-0.1, -0.05) is 26.8 Å². The molecule has 7 nitrogen and oxygen atoms in total. The molecule has 1 aliphatic heterocycles. The Hall–Kier alpha value is -3.59. The molecule has 0 spiro atoms. The summed E-state index contributed by atoms with van der Waals surface area (Å²) in [5.74, 6) is -0.804. The fourth-order valence-electron chi connectivity index (χ4n) is 3.56. The third-order valence-corrected chi connectivity index (χ3v) is 5.06. The average molecular weight is 469 g/mol. The van der Waals surface area contributed by atoms with E-state index in [1.54, 1.807) is 36.4 Å². The van der Waals surface area contributed by atoms with Gasteiger partial charge in [-0.2, -0.15) is 13.8 Å². The molecule has 0 amide bonds. The number of amidine groups is 1. The fourth-order valence-corrected chi connectivity index (χ4v) is 3.56. The second-order valence-corrected chi connectivity index (χ2v) is 9.17. The van der Waals surface area contributed by atoms with Gasteiger partial charge in [-0.25, -0.2) is 4.98 Å². The molecular weight excluding hydrogens is 442 g/mol. The van der Waals surface area contributed by atoms with E-state index in [4.69, 9.17) is 19.9 Å². The third kappa shape index (κ3) is 4.99. The van der Waals surface area contributed by atoms with Crippen LogP contribution in [0.15, 0.2) is 47.6 Å². The Bertz CT molecular complexity index is 1240. The molecule has 0 fully saturated rings. The lowest BCUT2D eigenvalue weighted by atomic mass is 9.92. The van der Waals surface area contributed by atoms with Crippen LogP contribution in [0.25, 0.3) is 11.1 Å². The van der Waals surface area contributed by atoms with E-state index >= 15 is 4.39 Å². The number of hydrogen-bond donors (Lipinski definition) is 1. The second-order valence-electron chi connectivity index (χ2n) is 9.17. The quantitative estimate of drug-likeness (QED) is 0.309. The predicted octanol–water partition coefficient (Wildman–Crippen LogP) is 5.05. The number of rotatable bonds is 6. The zero-order valence-corrected chi connectivity index (χ0v) is 19.4. The zero-order valence-electron chi connectivity index (χ0n) is 19.4. The maximum Gasteiger partial charge on any atom is 0.259 e. The minimum atomic E-state index is -0.819. The number of methoxy groups -OCH3 is 1. The summed E-state index contributed by atoms with van der Waals surface area (Å²) in [7, 11) is 1.50. The second kappa shape index (κ2) is 9.34. The molecule has 1 unspecified atom stereocenters. The number of fused-ring (bicyclic) bond motifs is 2. The Labute approximate surface area is 196 Å². The maximum atomic E-state index is 15.0. The van der Waals surface area contributed by atoms with Crippen LogP contribution in [0.1, 0.15) is 37.9 Å². The number of benzene rings is 1. The van der Waals surface area contributed by atoms with E-state index in [1.807, 2.05) is 20.8 Å². The number of pyridine rings is 2. The molecule has 1 aromatic carbocycles. The molecule has 0 saturated carbocycles. The number of nitrogens with zero attached hydrogens (tertiary/aromatic N) is 3. The van der Waals surface area contributed by atoms with Crippen molar-refractivity contribution in [1.82, 2.24) is 9.97 Å². The summed E-state index contributed by atoms with van der Waals surface area (Å²) in [5, 5.41) is 0. The first-order valence-electron chi connectivity index (χ1n) is 10.7. The molecule has 3 aromatic rings. The van der Waals surface area contributed by atoms with Crippen molar-refractivity contribution in [2.75, 3.05) is 20.3 Å². The first-order valence-corrected chi connectivity index (χ1v) is 10.7. The van der Waals surface area contributed by atoms with Gasteiger partial charge in [-0.3, -0.25) is 4.99 Å². The van der Waals surface area contributed by atoms with Crippen LogP contribution in [0.4, 0.5) is 8.78 Å². The smallest absolute Gasteiger partial charge is 0.259 e. The largest absolute Gasteiger partial charge is 0.477 e. The van der Waals surface area contributed by atoms with Crippen LogP contribution < -0.4 is 15.2 Å². The van der Waals surface area contributed by atoms with Crippen molar-refractivity contribution in [1.29, 1.82) is 0 Å². The molecule has 34 heavy (non-hydrogen) atoms. The van der Waals surface area contributed by atoms with Gasteiger partial charge in [-0.15, -0.1) is 0 Å². The van der Waals surface area contributed by atoms with Crippen LogP contribution in [-0.4, -0.2) is 36.1 Å². The first kappa shape index (κ1) is 23.6. The van der Waals surface area contributed by atoms with Crippen LogP contribution in [-0.2, 0) is 4.74 Å². The molecule has 9 heteroatoms. The summed E-state index contributed by atoms with van der Waals surface area (Å²) in [5.41, 5.74) is 7.78. The summed E-state index contributed by atoms with van der Waals surface area (Å²) >= 11 is 0. The van der Waals surface area contributed by atoms with Gasteiger partial charge in [0, 0.05) is 36.1 Å². The number of aromatic nitrogens is 2. The van der Waals surface area contributed by atoms with Crippen molar-refractivity contribution in [2.45, 2.75) is 26.8 Å². The van der Waals surface area contributed by atoms with Crippen LogP contribution in [0.3, 0.4) is 0 Å². The Balaban J connectivity index is 1.84. The highest BCUT2D eigenvalue weighted by molar-refractivity contribution is 5.82. The number of nitrogens with two attached hydrogens (primary N) is 1. The fraction of sp³-hybridized carbons (Fsp3) is 0.320. The number of halogens is 2. The van der Waals surface area contributed by atoms with Crippen LogP contribution in [0.2, 0.25) is 0 Å². The van der Waals surface area contributed by atoms with Crippen molar-refractivity contribution >= 4 is 5.84 Å². The van der Waals surface area contributed by atoms with Gasteiger partial charge in [0.25, 0.3) is 5.95 Å². The van der Waals surface area contributed by atoms with Crippen LogP contribution >= 0.6 is 0 Å². The molecule has 1 aliphatic rings. The molecule has 2 N–H and O–H groups in total. The Kier molecular flexibility index (Phi) is 6.47. The van der Waals surface area contributed by atoms with Gasteiger partial charge in [0.15, 0.2) is 5.75 Å². The van der Waals surface area contributed by atoms with Crippen molar-refractivity contribution < 1.29 is 23.0 Å². The van der Waals surface area contributed by atoms with Gasteiger partial charge in [0.05, 0.1) is 6.61 Å². The number of ether oxygens (including phenoxy) is 3. The SMILES string of the molecule is COCC(N)=NC1c2cc(-c3cccnc3F)ccc2Oc2c1cc(OCC(C)(C)C)nc2F. The molecule has 2 aromatic heterocycles. The van der Waals surface area contributed by atoms with Gasteiger partial charge in [0.2, 0.25) is 11.8 Å². The van der Waals surface area contributed by atoms with Gasteiger partial charge in [0.1, 0.15) is 24.2 Å². The van der Waals surface area contributed by atoms with E-state index < -0.39 is 17.9 Å². The monoisotopic (exact) mass is 468 g/mol. The maximum absolute atomic E-state index is 15.0. The molecule has 178 valence electrons. The van der Waals surface area contributed by atoms with E-state index in [1.165, 1.54) is 13.3 Å². The highest BCUT2D eigenvalue weighted by Crippen LogP contribution is 2.48. The van der Waals surface area contributed by atoms with E-state index in [9.17, 15) is 4.39 Å². The molecule has 0 radical (unpaired) electrons. The molecule has 1 atom stereocenters. The lowest BCUT2D eigenvalue weighted by Gasteiger charge is -2.27. The molecule has 0 aliphatic carbocycles. The Morgan fingerprint density at radius 1 is 1.15 bits per heavy atom. The van der Waals surface area contributed by atoms with E-state index in [0.717, 1.165) is 0 Å². The average Bonchev–Trinajstić information content (AvgIpc) is 2.78. The highest BCUT2D eigenvalue weighted by atomic mass is 19.1. The standard InChI is InChI=1S/C25H26F2N4O3/c1-25(2,3)13-33-20-11-17-21(30-19(28)12-32-4)16-10-14(15-6-5-9-29-23(15)26)7-8-18(16)34-22(17)24(27)31-20/h5-11,21H,12-13H2,1-4H3,(H2,28,30). The molecule has 4 rings (SSSR count). The van der Waals surface area contributed by atoms with Crippen molar-refractivity contribution in [3.63, 3.8) is 0 Å². The molecule has 0 bridgehead atoms. The van der Waals surface area contributed by atoms with Gasteiger partial charge < -0.3 is 19.9 Å². The molecule has 0 saturated heterocycles. The van der Waals surface area contributed by atoms with Crippen LogP contribution in [0, 0.1) is 17.3 Å². The van der Waals surface area contributed by atoms with Crippen LogP contribution in [0.5, 0.6) is 17.4 Å². The van der Waals surface area contributed by atoms with Gasteiger partial charge in [-0.05, 0) is 35.2 Å². The summed E-state index contributed by atoms with van der Waals surface area (Å²) in [6.45, 7) is 6.41. The number of aliphatic imine (C=N–C) groups is 1. The third-order valence-electron chi connectivity index (χ3n) is 5.06. The summed E-state index contributed by atoms with van der Waals surface area (Å²) < 4.78 is 46.1. The predicted molar refractivity (Wildman–Crippen MR) is 124 cm³/mol. The van der Waals surface area contributed by atoms with Gasteiger partial charge >= 0.3 is 0 Å². The van der Waals surface area contributed by atoms with E-state index in [0.29, 0.717) is 34.6 Å². The number of hydrogen-bond acceptors (Lipinski definition) is 6. The summed E-state index contributed by atoms with van der Waals surface area (Å²) in [4.78, 5) is 12.2. The summed E-state index contributed by atoms with van der Waals surface area (Å²) in [6, 6.07) is 9.17. The topological polar surface area (TPSA) is 91.9 Å². The zero-order chi connectivity index (χ0) is 24.5. The normalized spacial score (nSPS) is 15.4. The summed E-state index contributed by atoms with van der Waals surface area (Å²) in [6.07, 6.45) is 1.38. The highest BCUT2D eigenvalue weighted by Gasteiger charge is 2.32. The minimum Gasteiger partial charge on any atom is -0.477 e. The lowest BCUT2D eigenvalue weighted by Crippen LogP contribution is -2.22. The van der Waals surface area contributed by atoms with Crippen molar-refractivity contribution in [2.24, 2.45) is 16.1 Å². The van der Waals surface area contributed by atoms with E-state index in [2.05, 4.69) is 15.0 Å². The van der Waals surface area contributed by atoms with Crippen molar-refractivity contribution in [3.8, 4) is 28.5 Å². The lowest BCUT2D eigenvalue weighted by molar-refractivity contribution is 0.188. The Morgan fingerprint density at radius 3 is 2.65 bits per heavy atom. The van der Waals surface area contributed by atoms with E-state index in [-0.39, 0.29) is 29.5 Å². The van der Waals surface area contributed by atoms with Crippen molar-refractivity contribution in [3.05, 3.63) is 65.6 Å². The minimum absolute atomic E-state index is 0.0603. The molecule has 3 heterocycles. The molecular formula is C25H26F2N4O3. The Morgan fingerprint density at radius 2 is 1.94 bits per heavy atom. The first-order chi connectivity index (χ1) is 16.2.